The molecule has 0 radical (unpaired) electrons. The van der Waals surface area contributed by atoms with Crippen LogP contribution in [0.3, 0.4) is 0 Å². The Morgan fingerprint density at radius 3 is 3.00 bits per heavy atom. The van der Waals surface area contributed by atoms with Crippen LogP contribution in [0.25, 0.3) is 11.6 Å². The Bertz CT molecular complexity index is 356. The van der Waals surface area contributed by atoms with Gasteiger partial charge in [0.05, 0.1) is 6.20 Å². The summed E-state index contributed by atoms with van der Waals surface area (Å²) in [6.45, 7) is 0. The maximum Gasteiger partial charge on any atom is 0.269 e. The van der Waals surface area contributed by atoms with Crippen molar-refractivity contribution in [3.63, 3.8) is 0 Å². The second kappa shape index (κ2) is 2.90. The maximum atomic E-state index is 5.46. The molecule has 7 heteroatoms. The first-order valence-corrected chi connectivity index (χ1v) is 3.68. The fourth-order valence-corrected chi connectivity index (χ4v) is 0.824. The first-order chi connectivity index (χ1) is 5.90. The van der Waals surface area contributed by atoms with Gasteiger partial charge < -0.3 is 4.42 Å². The van der Waals surface area contributed by atoms with Gasteiger partial charge in [-0.1, -0.05) is 0 Å². The SMILES string of the molecule is ClCc1nnc(-c2cn[nH]n2)o1. The van der Waals surface area contributed by atoms with Gasteiger partial charge in [-0.05, 0) is 0 Å². The number of aromatic amines is 1. The number of rotatable bonds is 2. The van der Waals surface area contributed by atoms with Gasteiger partial charge in [-0.3, -0.25) is 0 Å². The molecule has 62 valence electrons. The quantitative estimate of drug-likeness (QED) is 0.693. The third kappa shape index (κ3) is 1.16. The van der Waals surface area contributed by atoms with Crippen LogP contribution >= 0.6 is 11.6 Å². The summed E-state index contributed by atoms with van der Waals surface area (Å²) in [7, 11) is 0. The standard InChI is InChI=1S/C5H4ClN5O/c6-1-4-9-10-5(12-4)3-2-7-11-8-3/h2H,1H2,(H,7,8,11). The summed E-state index contributed by atoms with van der Waals surface area (Å²) in [5.41, 5.74) is 0.513. The minimum atomic E-state index is 0.199. The number of alkyl halides is 1. The number of H-pyrrole nitrogens is 1. The van der Waals surface area contributed by atoms with E-state index in [1.165, 1.54) is 6.20 Å². The summed E-state index contributed by atoms with van der Waals surface area (Å²) >= 11 is 5.46. The molecule has 0 unspecified atom stereocenters. The largest absolute Gasteiger partial charge is 0.418 e. The average Bonchev–Trinajstić information content (AvgIpc) is 2.75. The van der Waals surface area contributed by atoms with Crippen molar-refractivity contribution in [2.45, 2.75) is 5.88 Å². The zero-order valence-electron chi connectivity index (χ0n) is 5.86. The lowest BCUT2D eigenvalue weighted by atomic mass is 10.5. The molecule has 0 aliphatic carbocycles. The Balaban J connectivity index is 2.35. The molecule has 0 amide bonds. The van der Waals surface area contributed by atoms with Gasteiger partial charge in [-0.25, -0.2) is 0 Å². The van der Waals surface area contributed by atoms with Crippen LogP contribution in [0.4, 0.5) is 0 Å². The predicted octanol–water partition coefficient (Wildman–Crippen LogP) is 0.593. The fourth-order valence-electron chi connectivity index (χ4n) is 0.716. The van der Waals surface area contributed by atoms with Gasteiger partial charge in [0.15, 0.2) is 5.69 Å². The third-order valence-electron chi connectivity index (χ3n) is 1.22. The molecule has 0 atom stereocenters. The zero-order valence-corrected chi connectivity index (χ0v) is 6.62. The number of hydrogen-bond donors (Lipinski definition) is 1. The molecular formula is C5H4ClN5O. The highest BCUT2D eigenvalue weighted by Gasteiger charge is 2.09. The zero-order chi connectivity index (χ0) is 8.39. The topological polar surface area (TPSA) is 80.5 Å². The molecule has 0 aromatic carbocycles. The van der Waals surface area contributed by atoms with E-state index in [4.69, 9.17) is 16.0 Å². The van der Waals surface area contributed by atoms with Crippen molar-refractivity contribution in [2.24, 2.45) is 0 Å². The van der Waals surface area contributed by atoms with Crippen LogP contribution < -0.4 is 0 Å². The predicted molar refractivity (Wildman–Crippen MR) is 39.2 cm³/mol. The highest BCUT2D eigenvalue weighted by atomic mass is 35.5. The summed E-state index contributed by atoms with van der Waals surface area (Å²) < 4.78 is 5.10. The van der Waals surface area contributed by atoms with E-state index in [0.717, 1.165) is 0 Å². The Kier molecular flexibility index (Phi) is 1.75. The smallest absolute Gasteiger partial charge is 0.269 e. The van der Waals surface area contributed by atoms with E-state index in [1.54, 1.807) is 0 Å². The van der Waals surface area contributed by atoms with Crippen molar-refractivity contribution in [3.8, 4) is 11.6 Å². The number of aromatic nitrogens is 5. The van der Waals surface area contributed by atoms with Crippen molar-refractivity contribution < 1.29 is 4.42 Å². The average molecular weight is 186 g/mol. The van der Waals surface area contributed by atoms with Gasteiger partial charge in [-0.2, -0.15) is 15.4 Å². The van der Waals surface area contributed by atoms with Gasteiger partial charge in [0.1, 0.15) is 5.88 Å². The molecule has 2 aromatic heterocycles. The van der Waals surface area contributed by atoms with Crippen molar-refractivity contribution in [1.29, 1.82) is 0 Å². The Hall–Kier alpha value is -1.43. The molecule has 0 fully saturated rings. The first kappa shape index (κ1) is 7.23. The van der Waals surface area contributed by atoms with Crippen molar-refractivity contribution in [1.82, 2.24) is 25.6 Å². The highest BCUT2D eigenvalue weighted by Crippen LogP contribution is 2.13. The molecule has 2 rings (SSSR count). The minimum absolute atomic E-state index is 0.199. The van der Waals surface area contributed by atoms with E-state index in [-0.39, 0.29) is 5.88 Å². The molecule has 0 saturated heterocycles. The monoisotopic (exact) mass is 185 g/mol. The van der Waals surface area contributed by atoms with Gasteiger partial charge in [0.2, 0.25) is 5.89 Å². The van der Waals surface area contributed by atoms with Crippen LogP contribution in [0.15, 0.2) is 10.6 Å². The second-order valence-electron chi connectivity index (χ2n) is 1.99. The number of halogens is 1. The molecule has 0 spiro atoms. The first-order valence-electron chi connectivity index (χ1n) is 3.14. The van der Waals surface area contributed by atoms with Gasteiger partial charge in [-0.15, -0.1) is 21.8 Å². The molecule has 1 N–H and O–H groups in total. The molecule has 6 nitrogen and oxygen atoms in total. The van der Waals surface area contributed by atoms with E-state index in [0.29, 0.717) is 17.5 Å². The summed E-state index contributed by atoms with van der Waals surface area (Å²) in [4.78, 5) is 0. The lowest BCUT2D eigenvalue weighted by molar-refractivity contribution is 0.525. The van der Waals surface area contributed by atoms with Gasteiger partial charge in [0, 0.05) is 0 Å². The summed E-state index contributed by atoms with van der Waals surface area (Å²) in [6, 6.07) is 0. The van der Waals surface area contributed by atoms with E-state index in [2.05, 4.69) is 25.6 Å². The van der Waals surface area contributed by atoms with E-state index >= 15 is 0 Å². The van der Waals surface area contributed by atoms with Gasteiger partial charge >= 0.3 is 0 Å². The van der Waals surface area contributed by atoms with E-state index < -0.39 is 0 Å². The molecule has 12 heavy (non-hydrogen) atoms. The maximum absolute atomic E-state index is 5.46. The number of nitrogens with one attached hydrogen (secondary N) is 1. The van der Waals surface area contributed by atoms with Crippen LogP contribution in [0.5, 0.6) is 0 Å². The fraction of sp³-hybridized carbons (Fsp3) is 0.200. The van der Waals surface area contributed by atoms with Crippen molar-refractivity contribution in [3.05, 3.63) is 12.1 Å². The second-order valence-corrected chi connectivity index (χ2v) is 2.26. The molecule has 0 aliphatic heterocycles. The van der Waals surface area contributed by atoms with Crippen molar-refractivity contribution >= 4 is 11.6 Å². The molecule has 0 aliphatic rings. The number of nitrogens with zero attached hydrogens (tertiary/aromatic N) is 4. The van der Waals surface area contributed by atoms with Crippen molar-refractivity contribution in [2.75, 3.05) is 0 Å². The summed E-state index contributed by atoms with van der Waals surface area (Å²) in [5.74, 6) is 0.888. The van der Waals surface area contributed by atoms with Crippen LogP contribution in [0, 0.1) is 0 Å². The summed E-state index contributed by atoms with van der Waals surface area (Å²) in [5, 5.41) is 17.2. The molecular weight excluding hydrogens is 182 g/mol. The lowest BCUT2D eigenvalue weighted by Crippen LogP contribution is -1.76. The number of hydrogen-bond acceptors (Lipinski definition) is 5. The van der Waals surface area contributed by atoms with Crippen LogP contribution in [0.1, 0.15) is 5.89 Å². The van der Waals surface area contributed by atoms with E-state index in [1.807, 2.05) is 0 Å². The van der Waals surface area contributed by atoms with E-state index in [9.17, 15) is 0 Å². The highest BCUT2D eigenvalue weighted by molar-refractivity contribution is 6.16. The Labute approximate surface area is 71.9 Å². The lowest BCUT2D eigenvalue weighted by Gasteiger charge is -1.81. The normalized spacial score (nSPS) is 10.4. The molecule has 0 bridgehead atoms. The van der Waals surface area contributed by atoms with Crippen LogP contribution in [-0.4, -0.2) is 25.6 Å². The van der Waals surface area contributed by atoms with Crippen LogP contribution in [-0.2, 0) is 5.88 Å². The Morgan fingerprint density at radius 1 is 1.50 bits per heavy atom. The molecule has 2 heterocycles. The third-order valence-corrected chi connectivity index (χ3v) is 1.44. The Morgan fingerprint density at radius 2 is 2.42 bits per heavy atom. The van der Waals surface area contributed by atoms with Gasteiger partial charge in [0.25, 0.3) is 5.89 Å². The molecule has 0 saturated carbocycles. The molecule has 2 aromatic rings. The van der Waals surface area contributed by atoms with Crippen LogP contribution in [0.2, 0.25) is 0 Å². The summed E-state index contributed by atoms with van der Waals surface area (Å²) in [6.07, 6.45) is 1.49. The minimum Gasteiger partial charge on any atom is -0.418 e.